The van der Waals surface area contributed by atoms with Gasteiger partial charge in [0.05, 0.1) is 0 Å². The van der Waals surface area contributed by atoms with Gasteiger partial charge in [-0.3, -0.25) is 4.68 Å². The number of aryl methyl sites for hydroxylation is 2. The number of aromatic nitrogens is 1. The molecule has 1 unspecified atom stereocenters. The van der Waals surface area contributed by atoms with E-state index < -0.39 is 0 Å². The molecule has 0 aromatic carbocycles. The molecule has 0 spiro atoms. The topological polar surface area (TPSA) is 17.0 Å². The van der Waals surface area contributed by atoms with E-state index in [0.29, 0.717) is 0 Å². The highest BCUT2D eigenvalue weighted by molar-refractivity contribution is 5.15. The number of rotatable bonds is 3. The Labute approximate surface area is 92.0 Å². The monoisotopic (exact) mass is 204 g/mol. The lowest BCUT2D eigenvalue weighted by molar-refractivity contribution is 0.485. The largest absolute Gasteiger partial charge is 0.326 e. The van der Waals surface area contributed by atoms with Crippen LogP contribution in [0.4, 0.5) is 0 Å². The standard InChI is InChI=1S/C13H20N2/c1-11-8-9-12(2)15(11)14-10-13-6-4-3-5-7-13/h3-4,8-9,13-14H,5-7,10H2,1-2H3. The Morgan fingerprint density at radius 2 is 2.00 bits per heavy atom. The zero-order valence-corrected chi connectivity index (χ0v) is 9.66. The maximum atomic E-state index is 3.51. The minimum atomic E-state index is 0.802. The third-order valence-corrected chi connectivity index (χ3v) is 3.19. The van der Waals surface area contributed by atoms with Gasteiger partial charge < -0.3 is 5.43 Å². The van der Waals surface area contributed by atoms with Crippen LogP contribution in [-0.2, 0) is 0 Å². The van der Waals surface area contributed by atoms with Gasteiger partial charge in [-0.1, -0.05) is 12.2 Å². The van der Waals surface area contributed by atoms with E-state index >= 15 is 0 Å². The summed E-state index contributed by atoms with van der Waals surface area (Å²) in [5, 5.41) is 0. The van der Waals surface area contributed by atoms with Crippen molar-refractivity contribution in [3.8, 4) is 0 Å². The Hall–Kier alpha value is -1.18. The summed E-state index contributed by atoms with van der Waals surface area (Å²) in [6.45, 7) is 5.36. The number of hydrogen-bond acceptors (Lipinski definition) is 1. The van der Waals surface area contributed by atoms with Crippen molar-refractivity contribution >= 4 is 0 Å². The van der Waals surface area contributed by atoms with Crippen molar-refractivity contribution < 1.29 is 0 Å². The Morgan fingerprint density at radius 3 is 2.60 bits per heavy atom. The highest BCUT2D eigenvalue weighted by atomic mass is 15.4. The fourth-order valence-electron chi connectivity index (χ4n) is 2.18. The van der Waals surface area contributed by atoms with Crippen molar-refractivity contribution in [3.63, 3.8) is 0 Å². The lowest BCUT2D eigenvalue weighted by atomic mass is 9.95. The van der Waals surface area contributed by atoms with Crippen LogP contribution in [0.2, 0.25) is 0 Å². The molecule has 15 heavy (non-hydrogen) atoms. The highest BCUT2D eigenvalue weighted by Gasteiger charge is 2.10. The summed E-state index contributed by atoms with van der Waals surface area (Å²) >= 11 is 0. The summed E-state index contributed by atoms with van der Waals surface area (Å²) in [5.41, 5.74) is 6.09. The van der Waals surface area contributed by atoms with Crippen LogP contribution in [0.3, 0.4) is 0 Å². The molecule has 82 valence electrons. The molecule has 0 bridgehead atoms. The molecule has 0 fully saturated rings. The quantitative estimate of drug-likeness (QED) is 0.749. The van der Waals surface area contributed by atoms with Gasteiger partial charge in [0, 0.05) is 17.9 Å². The summed E-state index contributed by atoms with van der Waals surface area (Å²) in [7, 11) is 0. The number of nitrogens with one attached hydrogen (secondary N) is 1. The third-order valence-electron chi connectivity index (χ3n) is 3.19. The van der Waals surface area contributed by atoms with Gasteiger partial charge in [0.25, 0.3) is 0 Å². The second-order valence-electron chi connectivity index (χ2n) is 4.46. The first kappa shape index (κ1) is 10.3. The minimum Gasteiger partial charge on any atom is -0.326 e. The van der Waals surface area contributed by atoms with Gasteiger partial charge in [-0.2, -0.15) is 0 Å². The molecule has 1 atom stereocenters. The molecule has 1 aliphatic carbocycles. The fraction of sp³-hybridized carbons (Fsp3) is 0.538. The molecule has 0 radical (unpaired) electrons. The molecule has 1 aliphatic rings. The number of nitrogens with zero attached hydrogens (tertiary/aromatic N) is 1. The maximum Gasteiger partial charge on any atom is 0.0366 e. The first-order valence-electron chi connectivity index (χ1n) is 5.81. The van der Waals surface area contributed by atoms with Crippen molar-refractivity contribution in [1.82, 2.24) is 4.68 Å². The Bertz CT molecular complexity index is 330. The zero-order chi connectivity index (χ0) is 10.7. The van der Waals surface area contributed by atoms with Crippen LogP contribution in [0.1, 0.15) is 30.7 Å². The molecule has 0 aliphatic heterocycles. The van der Waals surface area contributed by atoms with Crippen molar-refractivity contribution in [2.24, 2.45) is 5.92 Å². The second kappa shape index (κ2) is 4.56. The van der Waals surface area contributed by atoms with Crippen LogP contribution >= 0.6 is 0 Å². The first-order valence-corrected chi connectivity index (χ1v) is 5.81. The van der Waals surface area contributed by atoms with Crippen LogP contribution in [0.25, 0.3) is 0 Å². The molecule has 0 saturated heterocycles. The van der Waals surface area contributed by atoms with Crippen molar-refractivity contribution in [2.45, 2.75) is 33.1 Å². The van der Waals surface area contributed by atoms with Gasteiger partial charge in [0.1, 0.15) is 0 Å². The Balaban J connectivity index is 1.90. The molecule has 1 N–H and O–H groups in total. The minimum absolute atomic E-state index is 0.802. The first-order chi connectivity index (χ1) is 7.27. The van der Waals surface area contributed by atoms with Gasteiger partial charge in [0.2, 0.25) is 0 Å². The second-order valence-corrected chi connectivity index (χ2v) is 4.46. The van der Waals surface area contributed by atoms with Gasteiger partial charge in [-0.05, 0) is 51.2 Å². The average molecular weight is 204 g/mol. The van der Waals surface area contributed by atoms with E-state index in [1.54, 1.807) is 0 Å². The predicted molar refractivity (Wildman–Crippen MR) is 64.6 cm³/mol. The van der Waals surface area contributed by atoms with Crippen molar-refractivity contribution in [2.75, 3.05) is 12.0 Å². The molecular weight excluding hydrogens is 184 g/mol. The summed E-state index contributed by atoms with van der Waals surface area (Å²) in [6, 6.07) is 4.31. The van der Waals surface area contributed by atoms with E-state index in [4.69, 9.17) is 0 Å². The lowest BCUT2D eigenvalue weighted by Crippen LogP contribution is -2.24. The third kappa shape index (κ3) is 2.44. The molecule has 0 saturated carbocycles. The van der Waals surface area contributed by atoms with Crippen LogP contribution in [0.15, 0.2) is 24.3 Å². The summed E-state index contributed by atoms with van der Waals surface area (Å²) < 4.78 is 2.19. The van der Waals surface area contributed by atoms with Gasteiger partial charge in [-0.15, -0.1) is 0 Å². The molecule has 1 heterocycles. The number of allylic oxidation sites excluding steroid dienone is 2. The maximum absolute atomic E-state index is 3.51. The van der Waals surface area contributed by atoms with E-state index in [1.165, 1.54) is 30.7 Å². The average Bonchev–Trinajstić information content (AvgIpc) is 2.58. The van der Waals surface area contributed by atoms with Crippen LogP contribution < -0.4 is 5.43 Å². The number of hydrogen-bond donors (Lipinski definition) is 1. The molecule has 2 nitrogen and oxygen atoms in total. The van der Waals surface area contributed by atoms with E-state index in [1.807, 2.05) is 0 Å². The molecule has 2 heteroatoms. The SMILES string of the molecule is Cc1ccc(C)n1NCC1CC=CCC1. The van der Waals surface area contributed by atoms with Gasteiger partial charge >= 0.3 is 0 Å². The molecule has 1 aromatic heterocycles. The Morgan fingerprint density at radius 1 is 1.27 bits per heavy atom. The summed E-state index contributed by atoms with van der Waals surface area (Å²) in [6.07, 6.45) is 8.40. The smallest absolute Gasteiger partial charge is 0.0366 e. The van der Waals surface area contributed by atoms with Crippen molar-refractivity contribution in [1.29, 1.82) is 0 Å². The highest BCUT2D eigenvalue weighted by Crippen LogP contribution is 2.17. The van der Waals surface area contributed by atoms with E-state index in [0.717, 1.165) is 12.5 Å². The van der Waals surface area contributed by atoms with Crippen LogP contribution in [-0.4, -0.2) is 11.2 Å². The molecule has 0 amide bonds. The fourth-order valence-corrected chi connectivity index (χ4v) is 2.18. The van der Waals surface area contributed by atoms with E-state index in [-0.39, 0.29) is 0 Å². The van der Waals surface area contributed by atoms with E-state index in [2.05, 4.69) is 48.2 Å². The zero-order valence-electron chi connectivity index (χ0n) is 9.66. The van der Waals surface area contributed by atoms with Crippen LogP contribution in [0, 0.1) is 19.8 Å². The van der Waals surface area contributed by atoms with Gasteiger partial charge in [-0.25, -0.2) is 0 Å². The van der Waals surface area contributed by atoms with Gasteiger partial charge in [0.15, 0.2) is 0 Å². The normalized spacial score (nSPS) is 20.5. The molecule has 1 aromatic rings. The summed E-state index contributed by atoms with van der Waals surface area (Å²) in [5.74, 6) is 0.802. The molecular formula is C13H20N2. The summed E-state index contributed by atoms with van der Waals surface area (Å²) in [4.78, 5) is 0. The lowest BCUT2D eigenvalue weighted by Gasteiger charge is -2.21. The molecule has 2 rings (SSSR count). The Kier molecular flexibility index (Phi) is 3.14. The van der Waals surface area contributed by atoms with Crippen molar-refractivity contribution in [3.05, 3.63) is 35.7 Å². The predicted octanol–water partition coefficient (Wildman–Crippen LogP) is 3.00. The van der Waals surface area contributed by atoms with Crippen LogP contribution in [0.5, 0.6) is 0 Å². The van der Waals surface area contributed by atoms with E-state index in [9.17, 15) is 0 Å².